The first kappa shape index (κ1) is 14.7. The van der Waals surface area contributed by atoms with Crippen LogP contribution in [0.1, 0.15) is 17.2 Å². The van der Waals surface area contributed by atoms with E-state index in [1.54, 1.807) is 0 Å². The van der Waals surface area contributed by atoms with Gasteiger partial charge in [-0.05, 0) is 36.7 Å². The molecule has 2 aromatic carbocycles. The van der Waals surface area contributed by atoms with Gasteiger partial charge in [0.1, 0.15) is 0 Å². The second-order valence-corrected chi connectivity index (χ2v) is 4.64. The number of halogens is 1. The summed E-state index contributed by atoms with van der Waals surface area (Å²) in [5.74, 6) is 1.67. The van der Waals surface area contributed by atoms with Gasteiger partial charge in [-0.2, -0.15) is 0 Å². The number of rotatable bonds is 4. The van der Waals surface area contributed by atoms with Crippen LogP contribution in [0.3, 0.4) is 0 Å². The van der Waals surface area contributed by atoms with Crippen molar-refractivity contribution in [3.05, 3.63) is 59.7 Å². The first-order valence-electron chi connectivity index (χ1n) is 6.47. The molecule has 0 saturated heterocycles. The molecule has 106 valence electrons. The van der Waals surface area contributed by atoms with Crippen molar-refractivity contribution in [3.8, 4) is 11.5 Å². The molecule has 1 aliphatic heterocycles. The van der Waals surface area contributed by atoms with E-state index in [0.717, 1.165) is 17.9 Å². The van der Waals surface area contributed by atoms with E-state index >= 15 is 0 Å². The fourth-order valence-corrected chi connectivity index (χ4v) is 2.37. The van der Waals surface area contributed by atoms with Gasteiger partial charge in [0.2, 0.25) is 6.79 Å². The fraction of sp³-hybridized carbons (Fsp3) is 0.250. The molecule has 1 N–H and O–H groups in total. The molecule has 1 aliphatic rings. The zero-order valence-corrected chi connectivity index (χ0v) is 12.2. The average Bonchev–Trinajstić information content (AvgIpc) is 2.93. The van der Waals surface area contributed by atoms with E-state index in [-0.39, 0.29) is 18.4 Å². The van der Waals surface area contributed by atoms with Gasteiger partial charge in [0.25, 0.3) is 0 Å². The summed E-state index contributed by atoms with van der Waals surface area (Å²) in [6, 6.07) is 16.9. The van der Waals surface area contributed by atoms with E-state index in [1.807, 2.05) is 19.2 Å². The summed E-state index contributed by atoms with van der Waals surface area (Å²) in [6.45, 7) is 0.321. The molecule has 4 heteroatoms. The van der Waals surface area contributed by atoms with Gasteiger partial charge in [-0.1, -0.05) is 36.4 Å². The van der Waals surface area contributed by atoms with Crippen LogP contribution in [-0.2, 0) is 6.42 Å². The van der Waals surface area contributed by atoms with Gasteiger partial charge in [0, 0.05) is 6.04 Å². The monoisotopic (exact) mass is 291 g/mol. The van der Waals surface area contributed by atoms with Crippen molar-refractivity contribution in [2.75, 3.05) is 13.8 Å². The van der Waals surface area contributed by atoms with Crippen molar-refractivity contribution >= 4 is 12.4 Å². The Hall–Kier alpha value is -1.71. The highest BCUT2D eigenvalue weighted by atomic mass is 35.5. The van der Waals surface area contributed by atoms with Gasteiger partial charge in [-0.15, -0.1) is 12.4 Å². The zero-order chi connectivity index (χ0) is 13.1. The number of benzene rings is 2. The van der Waals surface area contributed by atoms with Crippen LogP contribution < -0.4 is 14.8 Å². The van der Waals surface area contributed by atoms with Crippen LogP contribution in [-0.4, -0.2) is 13.8 Å². The van der Waals surface area contributed by atoms with Crippen molar-refractivity contribution in [1.82, 2.24) is 5.32 Å². The van der Waals surface area contributed by atoms with Gasteiger partial charge in [0.15, 0.2) is 11.5 Å². The summed E-state index contributed by atoms with van der Waals surface area (Å²) in [6.07, 6.45) is 0.955. The highest BCUT2D eigenvalue weighted by Crippen LogP contribution is 2.34. The summed E-state index contributed by atoms with van der Waals surface area (Å²) >= 11 is 0. The highest BCUT2D eigenvalue weighted by molar-refractivity contribution is 5.85. The Morgan fingerprint density at radius 3 is 2.55 bits per heavy atom. The summed E-state index contributed by atoms with van der Waals surface area (Å²) in [5.41, 5.74) is 2.54. The summed E-state index contributed by atoms with van der Waals surface area (Å²) in [7, 11) is 1.98. The second-order valence-electron chi connectivity index (χ2n) is 4.64. The van der Waals surface area contributed by atoms with Crippen LogP contribution in [0.4, 0.5) is 0 Å². The van der Waals surface area contributed by atoms with Crippen LogP contribution >= 0.6 is 12.4 Å². The summed E-state index contributed by atoms with van der Waals surface area (Å²) in [5, 5.41) is 3.36. The molecule has 1 heterocycles. The molecule has 0 amide bonds. The van der Waals surface area contributed by atoms with Gasteiger partial charge >= 0.3 is 0 Å². The van der Waals surface area contributed by atoms with Crippen LogP contribution in [0.15, 0.2) is 48.5 Å². The molecule has 0 spiro atoms. The molecule has 3 rings (SSSR count). The van der Waals surface area contributed by atoms with E-state index < -0.39 is 0 Å². The molecule has 0 bridgehead atoms. The molecule has 0 fully saturated rings. The van der Waals surface area contributed by atoms with Gasteiger partial charge in [0.05, 0.1) is 0 Å². The van der Waals surface area contributed by atoms with E-state index in [4.69, 9.17) is 9.47 Å². The summed E-state index contributed by atoms with van der Waals surface area (Å²) < 4.78 is 10.8. The first-order chi connectivity index (χ1) is 9.36. The van der Waals surface area contributed by atoms with E-state index in [1.165, 1.54) is 11.1 Å². The maximum absolute atomic E-state index is 5.43. The van der Waals surface area contributed by atoms with Crippen LogP contribution in [0.5, 0.6) is 11.5 Å². The van der Waals surface area contributed by atoms with Crippen molar-refractivity contribution in [2.24, 2.45) is 0 Å². The summed E-state index contributed by atoms with van der Waals surface area (Å²) in [4.78, 5) is 0. The van der Waals surface area contributed by atoms with Crippen molar-refractivity contribution in [1.29, 1.82) is 0 Å². The van der Waals surface area contributed by atoms with Crippen LogP contribution in [0.25, 0.3) is 0 Å². The van der Waals surface area contributed by atoms with E-state index in [2.05, 4.69) is 41.7 Å². The van der Waals surface area contributed by atoms with Crippen molar-refractivity contribution in [2.45, 2.75) is 12.5 Å². The third-order valence-electron chi connectivity index (χ3n) is 3.43. The Morgan fingerprint density at radius 1 is 1.05 bits per heavy atom. The number of likely N-dealkylation sites (N-methyl/N-ethyl adjacent to an activating group) is 1. The third-order valence-corrected chi connectivity index (χ3v) is 3.43. The SMILES string of the molecule is CNC(Cc1ccccc1)c1ccc2c(c1)OCO2.Cl. The lowest BCUT2D eigenvalue weighted by atomic mass is 9.98. The van der Waals surface area contributed by atoms with Gasteiger partial charge < -0.3 is 14.8 Å². The molecular weight excluding hydrogens is 274 g/mol. The number of hydrogen-bond acceptors (Lipinski definition) is 3. The smallest absolute Gasteiger partial charge is 0.231 e. The second kappa shape index (κ2) is 6.64. The minimum atomic E-state index is 0. The highest BCUT2D eigenvalue weighted by Gasteiger charge is 2.17. The Bertz CT molecular complexity index is 560. The molecule has 0 radical (unpaired) electrons. The fourth-order valence-electron chi connectivity index (χ4n) is 2.37. The quantitative estimate of drug-likeness (QED) is 0.937. The topological polar surface area (TPSA) is 30.5 Å². The molecule has 0 saturated carbocycles. The predicted octanol–water partition coefficient (Wildman–Crippen LogP) is 3.34. The molecule has 2 aromatic rings. The Balaban J connectivity index is 0.00000147. The van der Waals surface area contributed by atoms with E-state index in [0.29, 0.717) is 6.79 Å². The molecule has 0 aromatic heterocycles. The Kier molecular flexibility index (Phi) is 4.88. The lowest BCUT2D eigenvalue weighted by molar-refractivity contribution is 0.174. The minimum Gasteiger partial charge on any atom is -0.454 e. The van der Waals surface area contributed by atoms with Crippen LogP contribution in [0.2, 0.25) is 0 Å². The Morgan fingerprint density at radius 2 is 1.80 bits per heavy atom. The zero-order valence-electron chi connectivity index (χ0n) is 11.3. The molecule has 3 nitrogen and oxygen atoms in total. The minimum absolute atomic E-state index is 0. The standard InChI is InChI=1S/C16H17NO2.ClH/c1-17-14(9-12-5-3-2-4-6-12)13-7-8-15-16(10-13)19-11-18-15;/h2-8,10,14,17H,9,11H2,1H3;1H. The predicted molar refractivity (Wildman–Crippen MR) is 81.8 cm³/mol. The largest absolute Gasteiger partial charge is 0.454 e. The third kappa shape index (κ3) is 3.06. The number of fused-ring (bicyclic) bond motifs is 1. The van der Waals surface area contributed by atoms with Gasteiger partial charge in [-0.3, -0.25) is 0 Å². The van der Waals surface area contributed by atoms with Crippen molar-refractivity contribution < 1.29 is 9.47 Å². The maximum atomic E-state index is 5.43. The Labute approximate surface area is 125 Å². The lowest BCUT2D eigenvalue weighted by Gasteiger charge is -2.17. The van der Waals surface area contributed by atoms with Crippen LogP contribution in [0, 0.1) is 0 Å². The van der Waals surface area contributed by atoms with Gasteiger partial charge in [-0.25, -0.2) is 0 Å². The average molecular weight is 292 g/mol. The normalized spacial score (nSPS) is 13.7. The molecule has 1 unspecified atom stereocenters. The first-order valence-corrected chi connectivity index (χ1v) is 6.47. The molecule has 20 heavy (non-hydrogen) atoms. The molecular formula is C16H18ClNO2. The molecule has 0 aliphatic carbocycles. The number of ether oxygens (including phenoxy) is 2. The maximum Gasteiger partial charge on any atom is 0.231 e. The van der Waals surface area contributed by atoms with Crippen molar-refractivity contribution in [3.63, 3.8) is 0 Å². The molecule has 1 atom stereocenters. The lowest BCUT2D eigenvalue weighted by Crippen LogP contribution is -2.18. The number of nitrogens with one attached hydrogen (secondary N) is 1. The van der Waals surface area contributed by atoms with E-state index in [9.17, 15) is 0 Å². The number of hydrogen-bond donors (Lipinski definition) is 1.